The van der Waals surface area contributed by atoms with E-state index in [-0.39, 0.29) is 27.1 Å². The molecular formula is C21H15ClN2O5S2. The maximum Gasteiger partial charge on any atom is 0.335 e. The number of furan rings is 1. The maximum atomic E-state index is 12.9. The predicted molar refractivity (Wildman–Crippen MR) is 119 cm³/mol. The van der Waals surface area contributed by atoms with Crippen LogP contribution in [-0.4, -0.2) is 24.5 Å². The van der Waals surface area contributed by atoms with E-state index in [1.165, 1.54) is 36.2 Å². The first-order valence-electron chi connectivity index (χ1n) is 8.94. The Labute approximate surface area is 187 Å². The van der Waals surface area contributed by atoms with E-state index in [0.29, 0.717) is 21.6 Å². The number of carboxylic acid groups (broad SMARTS) is 1. The van der Waals surface area contributed by atoms with Gasteiger partial charge in [-0.15, -0.1) is 0 Å². The van der Waals surface area contributed by atoms with Crippen LogP contribution in [0.4, 0.5) is 5.69 Å². The third-order valence-electron chi connectivity index (χ3n) is 4.34. The Morgan fingerprint density at radius 2 is 1.87 bits per heavy atom. The molecular weight excluding hydrogens is 460 g/mol. The van der Waals surface area contributed by atoms with Crippen molar-refractivity contribution < 1.29 is 22.7 Å². The average molecular weight is 475 g/mol. The molecule has 2 N–H and O–H groups in total. The second-order valence-electron chi connectivity index (χ2n) is 6.47. The molecule has 10 heteroatoms. The van der Waals surface area contributed by atoms with Crippen LogP contribution in [0.1, 0.15) is 15.9 Å². The lowest BCUT2D eigenvalue weighted by Gasteiger charge is -2.11. The third kappa shape index (κ3) is 4.68. The van der Waals surface area contributed by atoms with Gasteiger partial charge in [0.1, 0.15) is 10.6 Å². The number of rotatable bonds is 7. The Bertz CT molecular complexity index is 1350. The molecule has 158 valence electrons. The summed E-state index contributed by atoms with van der Waals surface area (Å²) in [7, 11) is -4.04. The molecule has 7 nitrogen and oxygen atoms in total. The first kappa shape index (κ1) is 21.2. The molecule has 0 aliphatic carbocycles. The van der Waals surface area contributed by atoms with Gasteiger partial charge >= 0.3 is 5.97 Å². The molecule has 0 bridgehead atoms. The van der Waals surface area contributed by atoms with Gasteiger partial charge in [0.05, 0.1) is 16.3 Å². The molecule has 4 rings (SSSR count). The van der Waals surface area contributed by atoms with Gasteiger partial charge in [0.2, 0.25) is 5.09 Å². The van der Waals surface area contributed by atoms with E-state index in [1.807, 2.05) is 0 Å². The van der Waals surface area contributed by atoms with E-state index in [0.717, 1.165) is 0 Å². The van der Waals surface area contributed by atoms with Crippen molar-refractivity contribution in [3.63, 3.8) is 0 Å². The highest BCUT2D eigenvalue weighted by molar-refractivity contribution is 7.98. The maximum absolute atomic E-state index is 12.9. The lowest BCUT2D eigenvalue weighted by Crippen LogP contribution is -2.13. The van der Waals surface area contributed by atoms with Crippen molar-refractivity contribution in [2.75, 3.05) is 4.72 Å². The normalized spacial score (nSPS) is 11.5. The monoisotopic (exact) mass is 474 g/mol. The smallest absolute Gasteiger partial charge is 0.335 e. The van der Waals surface area contributed by atoms with Crippen molar-refractivity contribution in [2.45, 2.75) is 15.9 Å². The number of aromatic carboxylic acids is 1. The van der Waals surface area contributed by atoms with E-state index in [2.05, 4.69) is 9.71 Å². The molecule has 0 saturated carbocycles. The standard InChI is InChI=1S/C21H15ClN2O5S2/c22-15-10-17(24-31(27,28)19-9-13-5-2-4-8-18(13)29-19)20(23-11-15)30-12-14-6-1-3-7-16(14)21(25)26/h1-11,24H,12H2,(H,25,26). The number of benzene rings is 2. The highest BCUT2D eigenvalue weighted by Gasteiger charge is 2.22. The van der Waals surface area contributed by atoms with Crippen LogP contribution in [0.2, 0.25) is 5.02 Å². The van der Waals surface area contributed by atoms with Crippen LogP contribution in [0.25, 0.3) is 11.0 Å². The molecule has 0 atom stereocenters. The molecule has 0 saturated heterocycles. The van der Waals surface area contributed by atoms with Crippen LogP contribution in [0.5, 0.6) is 0 Å². The Kier molecular flexibility index (Phi) is 5.90. The second-order valence-corrected chi connectivity index (χ2v) is 9.48. The summed E-state index contributed by atoms with van der Waals surface area (Å²) < 4.78 is 33.7. The molecule has 0 unspecified atom stereocenters. The zero-order chi connectivity index (χ0) is 22.0. The average Bonchev–Trinajstić information content (AvgIpc) is 3.18. The minimum absolute atomic E-state index is 0.172. The van der Waals surface area contributed by atoms with Crippen molar-refractivity contribution in [2.24, 2.45) is 0 Å². The number of hydrogen-bond donors (Lipinski definition) is 2. The number of thioether (sulfide) groups is 1. The number of para-hydroxylation sites is 1. The fourth-order valence-electron chi connectivity index (χ4n) is 2.90. The summed E-state index contributed by atoms with van der Waals surface area (Å²) in [6, 6.07) is 16.4. The molecule has 0 spiro atoms. The summed E-state index contributed by atoms with van der Waals surface area (Å²) in [4.78, 5) is 15.6. The zero-order valence-electron chi connectivity index (χ0n) is 15.8. The van der Waals surface area contributed by atoms with Crippen molar-refractivity contribution >= 4 is 56.0 Å². The van der Waals surface area contributed by atoms with Crippen LogP contribution < -0.4 is 4.72 Å². The van der Waals surface area contributed by atoms with E-state index >= 15 is 0 Å². The lowest BCUT2D eigenvalue weighted by molar-refractivity contribution is 0.0696. The van der Waals surface area contributed by atoms with Gasteiger partial charge in [0.15, 0.2) is 0 Å². The van der Waals surface area contributed by atoms with Crippen molar-refractivity contribution in [1.29, 1.82) is 0 Å². The zero-order valence-corrected chi connectivity index (χ0v) is 18.2. The number of hydrogen-bond acceptors (Lipinski definition) is 6. The van der Waals surface area contributed by atoms with Gasteiger partial charge < -0.3 is 9.52 Å². The second kappa shape index (κ2) is 8.62. The molecule has 0 amide bonds. The molecule has 0 radical (unpaired) electrons. The van der Waals surface area contributed by atoms with E-state index in [1.54, 1.807) is 42.5 Å². The topological polar surface area (TPSA) is 109 Å². The van der Waals surface area contributed by atoms with Gasteiger partial charge in [0, 0.05) is 23.4 Å². The number of nitrogens with zero attached hydrogens (tertiary/aromatic N) is 1. The van der Waals surface area contributed by atoms with Gasteiger partial charge in [0.25, 0.3) is 10.0 Å². The summed E-state index contributed by atoms with van der Waals surface area (Å²) in [5.41, 5.74) is 1.38. The van der Waals surface area contributed by atoms with E-state index in [9.17, 15) is 18.3 Å². The summed E-state index contributed by atoms with van der Waals surface area (Å²) in [5, 5.41) is 10.4. The molecule has 2 aromatic carbocycles. The fraction of sp³-hybridized carbons (Fsp3) is 0.0476. The Balaban J connectivity index is 1.62. The van der Waals surface area contributed by atoms with E-state index in [4.69, 9.17) is 16.0 Å². The Morgan fingerprint density at radius 1 is 1.13 bits per heavy atom. The number of sulfonamides is 1. The van der Waals surface area contributed by atoms with Gasteiger partial charge in [-0.1, -0.05) is 59.8 Å². The van der Waals surface area contributed by atoms with Gasteiger partial charge in [-0.3, -0.25) is 4.72 Å². The number of fused-ring (bicyclic) bond motifs is 1. The van der Waals surface area contributed by atoms with Crippen LogP contribution in [-0.2, 0) is 15.8 Å². The number of carbonyl (C=O) groups is 1. The van der Waals surface area contributed by atoms with Crippen molar-refractivity contribution in [3.8, 4) is 0 Å². The van der Waals surface area contributed by atoms with E-state index < -0.39 is 16.0 Å². The van der Waals surface area contributed by atoms with Crippen LogP contribution in [0.15, 0.2) is 81.4 Å². The summed E-state index contributed by atoms with van der Waals surface area (Å²) in [6.07, 6.45) is 1.39. The summed E-state index contributed by atoms with van der Waals surface area (Å²) in [6.45, 7) is 0. The highest BCUT2D eigenvalue weighted by Crippen LogP contribution is 2.33. The minimum Gasteiger partial charge on any atom is -0.478 e. The lowest BCUT2D eigenvalue weighted by atomic mass is 10.1. The largest absolute Gasteiger partial charge is 0.478 e. The number of pyridine rings is 1. The quantitative estimate of drug-likeness (QED) is 0.351. The SMILES string of the molecule is O=C(O)c1ccccc1CSc1ncc(Cl)cc1NS(=O)(=O)c1cc2ccccc2o1. The molecule has 2 aromatic heterocycles. The summed E-state index contributed by atoms with van der Waals surface area (Å²) >= 11 is 7.22. The minimum atomic E-state index is -4.04. The summed E-state index contributed by atoms with van der Waals surface area (Å²) in [5.74, 6) is -0.762. The Hall–Kier alpha value is -3.01. The van der Waals surface area contributed by atoms with Gasteiger partial charge in [-0.2, -0.15) is 8.42 Å². The first-order valence-corrected chi connectivity index (χ1v) is 11.8. The number of nitrogens with one attached hydrogen (secondary N) is 1. The number of halogens is 1. The van der Waals surface area contributed by atoms with Crippen molar-refractivity contribution in [1.82, 2.24) is 4.98 Å². The van der Waals surface area contributed by atoms with Crippen LogP contribution in [0, 0.1) is 0 Å². The Morgan fingerprint density at radius 3 is 2.65 bits per heavy atom. The third-order valence-corrected chi connectivity index (χ3v) is 6.82. The fourth-order valence-corrected chi connectivity index (χ4v) is 5.09. The molecule has 0 aliphatic rings. The van der Waals surface area contributed by atoms with Gasteiger partial charge in [-0.25, -0.2) is 9.78 Å². The first-order chi connectivity index (χ1) is 14.8. The molecule has 2 heterocycles. The van der Waals surface area contributed by atoms with Crippen LogP contribution in [0.3, 0.4) is 0 Å². The molecule has 0 fully saturated rings. The molecule has 31 heavy (non-hydrogen) atoms. The van der Waals surface area contributed by atoms with Crippen LogP contribution >= 0.6 is 23.4 Å². The predicted octanol–water partition coefficient (Wildman–Crippen LogP) is 5.27. The number of carboxylic acids is 1. The van der Waals surface area contributed by atoms with Crippen molar-refractivity contribution in [3.05, 3.63) is 83.0 Å². The molecule has 0 aliphatic heterocycles. The molecule has 4 aromatic rings. The highest BCUT2D eigenvalue weighted by atomic mass is 35.5. The number of anilines is 1. The number of aromatic nitrogens is 1. The van der Waals surface area contributed by atoms with Gasteiger partial charge in [-0.05, 0) is 23.8 Å².